The Morgan fingerprint density at radius 2 is 1.74 bits per heavy atom. The normalized spacial score (nSPS) is 17.9. The van der Waals surface area contributed by atoms with Crippen molar-refractivity contribution in [3.8, 4) is 5.75 Å². The van der Waals surface area contributed by atoms with Crippen LogP contribution in [0.4, 0.5) is 0 Å². The average Bonchev–Trinajstić information content (AvgIpc) is 2.67. The molecule has 0 unspecified atom stereocenters. The van der Waals surface area contributed by atoms with Crippen molar-refractivity contribution in [1.82, 2.24) is 4.72 Å². The van der Waals surface area contributed by atoms with E-state index in [0.29, 0.717) is 5.75 Å². The lowest BCUT2D eigenvalue weighted by molar-refractivity contribution is 0.401. The third-order valence-corrected chi connectivity index (χ3v) is 5.10. The first-order valence-electron chi connectivity index (χ1n) is 6.79. The molecule has 0 atom stereocenters. The molecule has 1 aliphatic carbocycles. The standard InChI is InChI=1S/C14H21NO3S/c1-18-13-10-6-7-11-14(13)19(16,17)15-12-8-4-2-3-5-9-12/h6-7,10-12,15H,2-5,8-9H2,1H3. The molecule has 4 nitrogen and oxygen atoms in total. The largest absolute Gasteiger partial charge is 0.495 e. The third-order valence-electron chi connectivity index (χ3n) is 3.54. The molecule has 1 aromatic rings. The monoisotopic (exact) mass is 283 g/mol. The minimum Gasteiger partial charge on any atom is -0.495 e. The van der Waals surface area contributed by atoms with Gasteiger partial charge in [-0.15, -0.1) is 0 Å². The van der Waals surface area contributed by atoms with Gasteiger partial charge in [-0.3, -0.25) is 0 Å². The highest BCUT2D eigenvalue weighted by Gasteiger charge is 2.23. The Morgan fingerprint density at radius 1 is 1.11 bits per heavy atom. The van der Waals surface area contributed by atoms with Crippen LogP contribution >= 0.6 is 0 Å². The van der Waals surface area contributed by atoms with Crippen molar-refractivity contribution >= 4 is 10.0 Å². The maximum Gasteiger partial charge on any atom is 0.244 e. The second-order valence-electron chi connectivity index (χ2n) is 4.96. The number of nitrogens with one attached hydrogen (secondary N) is 1. The molecule has 0 aromatic heterocycles. The summed E-state index contributed by atoms with van der Waals surface area (Å²) in [6.45, 7) is 0. The summed E-state index contributed by atoms with van der Waals surface area (Å²) in [5.74, 6) is 0.392. The first-order chi connectivity index (χ1) is 9.13. The van der Waals surface area contributed by atoms with E-state index in [4.69, 9.17) is 4.74 Å². The van der Waals surface area contributed by atoms with E-state index in [1.54, 1.807) is 24.3 Å². The van der Waals surface area contributed by atoms with Crippen molar-refractivity contribution in [2.24, 2.45) is 0 Å². The molecule has 0 aliphatic heterocycles. The summed E-state index contributed by atoms with van der Waals surface area (Å²) in [5, 5.41) is 0. The van der Waals surface area contributed by atoms with Gasteiger partial charge in [0.25, 0.3) is 0 Å². The molecule has 1 aromatic carbocycles. The van der Waals surface area contributed by atoms with E-state index < -0.39 is 10.0 Å². The first kappa shape index (κ1) is 14.3. The van der Waals surface area contributed by atoms with Gasteiger partial charge in [0.1, 0.15) is 10.6 Å². The van der Waals surface area contributed by atoms with Crippen molar-refractivity contribution in [1.29, 1.82) is 0 Å². The molecule has 1 N–H and O–H groups in total. The van der Waals surface area contributed by atoms with Crippen LogP contribution in [0.25, 0.3) is 0 Å². The molecule has 1 fully saturated rings. The Hall–Kier alpha value is -1.07. The summed E-state index contributed by atoms with van der Waals surface area (Å²) in [4.78, 5) is 0.224. The summed E-state index contributed by atoms with van der Waals surface area (Å²) in [6.07, 6.45) is 6.45. The quantitative estimate of drug-likeness (QED) is 0.864. The van der Waals surface area contributed by atoms with Gasteiger partial charge in [-0.05, 0) is 25.0 Å². The third kappa shape index (κ3) is 3.70. The molecule has 19 heavy (non-hydrogen) atoms. The van der Waals surface area contributed by atoms with E-state index in [1.165, 1.54) is 20.0 Å². The molecular weight excluding hydrogens is 262 g/mol. The Labute approximate surface area is 115 Å². The second kappa shape index (κ2) is 6.39. The first-order valence-corrected chi connectivity index (χ1v) is 8.27. The lowest BCUT2D eigenvalue weighted by Gasteiger charge is -2.17. The van der Waals surface area contributed by atoms with E-state index in [1.807, 2.05) is 0 Å². The van der Waals surface area contributed by atoms with Crippen molar-refractivity contribution in [2.45, 2.75) is 49.5 Å². The van der Waals surface area contributed by atoms with Gasteiger partial charge >= 0.3 is 0 Å². The minimum atomic E-state index is -3.49. The van der Waals surface area contributed by atoms with Crippen LogP contribution in [0.1, 0.15) is 38.5 Å². The topological polar surface area (TPSA) is 55.4 Å². The van der Waals surface area contributed by atoms with Gasteiger partial charge < -0.3 is 4.74 Å². The Balaban J connectivity index is 2.17. The number of methoxy groups -OCH3 is 1. The number of sulfonamides is 1. The lowest BCUT2D eigenvalue weighted by atomic mass is 10.1. The van der Waals surface area contributed by atoms with Crippen molar-refractivity contribution < 1.29 is 13.2 Å². The maximum atomic E-state index is 12.4. The van der Waals surface area contributed by atoms with Gasteiger partial charge in [0.05, 0.1) is 7.11 Å². The molecule has 2 rings (SSSR count). The highest BCUT2D eigenvalue weighted by atomic mass is 32.2. The molecule has 0 bridgehead atoms. The van der Waals surface area contributed by atoms with Gasteiger partial charge in [-0.1, -0.05) is 37.8 Å². The Bertz CT molecular complexity index is 505. The summed E-state index contributed by atoms with van der Waals surface area (Å²) < 4.78 is 32.7. The molecule has 5 heteroatoms. The molecule has 0 saturated heterocycles. The summed E-state index contributed by atoms with van der Waals surface area (Å²) >= 11 is 0. The van der Waals surface area contributed by atoms with Crippen LogP contribution in [-0.4, -0.2) is 21.6 Å². The van der Waals surface area contributed by atoms with Gasteiger partial charge in [0, 0.05) is 6.04 Å². The van der Waals surface area contributed by atoms with E-state index in [9.17, 15) is 8.42 Å². The maximum absolute atomic E-state index is 12.4. The molecule has 1 saturated carbocycles. The minimum absolute atomic E-state index is 0.0532. The van der Waals surface area contributed by atoms with E-state index >= 15 is 0 Å². The van der Waals surface area contributed by atoms with E-state index in [0.717, 1.165) is 25.7 Å². The van der Waals surface area contributed by atoms with E-state index in [2.05, 4.69) is 4.72 Å². The van der Waals surface area contributed by atoms with Crippen LogP contribution in [0.5, 0.6) is 5.75 Å². The van der Waals surface area contributed by atoms with Gasteiger partial charge in [0.2, 0.25) is 10.0 Å². The Morgan fingerprint density at radius 3 is 2.37 bits per heavy atom. The molecule has 0 spiro atoms. The van der Waals surface area contributed by atoms with Crippen molar-refractivity contribution in [3.05, 3.63) is 24.3 Å². The molecule has 1 aliphatic rings. The van der Waals surface area contributed by atoms with Crippen LogP contribution < -0.4 is 9.46 Å². The fourth-order valence-corrected chi connectivity index (χ4v) is 4.00. The number of para-hydroxylation sites is 1. The van der Waals surface area contributed by atoms with Gasteiger partial charge in [-0.2, -0.15) is 0 Å². The lowest BCUT2D eigenvalue weighted by Crippen LogP contribution is -2.34. The zero-order chi connectivity index (χ0) is 13.7. The van der Waals surface area contributed by atoms with Gasteiger partial charge in [-0.25, -0.2) is 13.1 Å². The zero-order valence-electron chi connectivity index (χ0n) is 11.3. The molecule has 0 heterocycles. The number of rotatable bonds is 4. The summed E-state index contributed by atoms with van der Waals surface area (Å²) in [6, 6.07) is 6.78. The predicted octanol–water partition coefficient (Wildman–Crippen LogP) is 2.70. The van der Waals surface area contributed by atoms with Crippen molar-refractivity contribution in [2.75, 3.05) is 7.11 Å². The number of hydrogen-bond donors (Lipinski definition) is 1. The highest BCUT2D eigenvalue weighted by Crippen LogP contribution is 2.25. The van der Waals surface area contributed by atoms with Crippen LogP contribution in [-0.2, 0) is 10.0 Å². The molecule has 106 valence electrons. The SMILES string of the molecule is COc1ccccc1S(=O)(=O)NC1CCCCCC1. The number of benzene rings is 1. The average molecular weight is 283 g/mol. The fraction of sp³-hybridized carbons (Fsp3) is 0.571. The second-order valence-corrected chi connectivity index (χ2v) is 6.64. The van der Waals surface area contributed by atoms with Crippen LogP contribution in [0, 0.1) is 0 Å². The summed E-state index contributed by atoms with van der Waals surface area (Å²) in [7, 11) is -2.01. The zero-order valence-corrected chi connectivity index (χ0v) is 12.1. The van der Waals surface area contributed by atoms with E-state index in [-0.39, 0.29) is 10.9 Å². The van der Waals surface area contributed by atoms with Crippen molar-refractivity contribution in [3.63, 3.8) is 0 Å². The highest BCUT2D eigenvalue weighted by molar-refractivity contribution is 7.89. The smallest absolute Gasteiger partial charge is 0.244 e. The molecule has 0 amide bonds. The fourth-order valence-electron chi connectivity index (χ4n) is 2.52. The van der Waals surface area contributed by atoms with Gasteiger partial charge in [0.15, 0.2) is 0 Å². The number of hydrogen-bond acceptors (Lipinski definition) is 3. The Kier molecular flexibility index (Phi) is 4.82. The van der Waals surface area contributed by atoms with Crippen LogP contribution in [0.2, 0.25) is 0 Å². The number of ether oxygens (including phenoxy) is 1. The predicted molar refractivity (Wildman–Crippen MR) is 74.8 cm³/mol. The summed E-state index contributed by atoms with van der Waals surface area (Å²) in [5.41, 5.74) is 0. The molecular formula is C14H21NO3S. The van der Waals surface area contributed by atoms with Crippen LogP contribution in [0.15, 0.2) is 29.2 Å². The molecule has 0 radical (unpaired) electrons. The van der Waals surface area contributed by atoms with Crippen LogP contribution in [0.3, 0.4) is 0 Å².